The summed E-state index contributed by atoms with van der Waals surface area (Å²) in [6, 6.07) is 5.15. The predicted molar refractivity (Wildman–Crippen MR) is 68.6 cm³/mol. The number of aliphatic hydroxyl groups is 1. The molecule has 0 aliphatic rings. The Morgan fingerprint density at radius 3 is 2.47 bits per heavy atom. The molecule has 0 aliphatic heterocycles. The van der Waals surface area contributed by atoms with Crippen LogP contribution in [-0.4, -0.2) is 17.8 Å². The molecular weight excluding hydrogens is 255 g/mol. The van der Waals surface area contributed by atoms with Crippen molar-refractivity contribution in [2.75, 3.05) is 6.61 Å². The number of hydrogen-bond acceptors (Lipinski definition) is 2. The minimum atomic E-state index is -4.32. The first-order valence-electron chi connectivity index (χ1n) is 6.33. The van der Waals surface area contributed by atoms with E-state index >= 15 is 0 Å². The van der Waals surface area contributed by atoms with E-state index in [2.05, 4.69) is 5.32 Å². The van der Waals surface area contributed by atoms with Gasteiger partial charge in [-0.1, -0.05) is 32.0 Å². The summed E-state index contributed by atoms with van der Waals surface area (Å²) in [6.07, 6.45) is -3.53. The molecule has 0 saturated heterocycles. The minimum absolute atomic E-state index is 0.0167. The van der Waals surface area contributed by atoms with Crippen molar-refractivity contribution in [2.24, 2.45) is 5.92 Å². The first-order chi connectivity index (χ1) is 8.82. The van der Waals surface area contributed by atoms with Crippen molar-refractivity contribution in [3.8, 4) is 0 Å². The highest BCUT2D eigenvalue weighted by Crippen LogP contribution is 2.29. The average molecular weight is 275 g/mol. The van der Waals surface area contributed by atoms with Crippen LogP contribution < -0.4 is 5.32 Å². The number of benzene rings is 1. The molecule has 1 atom stereocenters. The van der Waals surface area contributed by atoms with Crippen LogP contribution in [0.4, 0.5) is 13.2 Å². The van der Waals surface area contributed by atoms with Crippen LogP contribution in [0.3, 0.4) is 0 Å². The maximum Gasteiger partial charge on any atom is 0.416 e. The van der Waals surface area contributed by atoms with E-state index in [1.54, 1.807) is 6.07 Å². The van der Waals surface area contributed by atoms with E-state index in [1.807, 2.05) is 13.8 Å². The Morgan fingerprint density at radius 1 is 1.26 bits per heavy atom. The minimum Gasteiger partial charge on any atom is -0.395 e. The summed E-state index contributed by atoms with van der Waals surface area (Å²) in [7, 11) is 0. The molecule has 5 heteroatoms. The number of nitrogens with one attached hydrogen (secondary N) is 1. The van der Waals surface area contributed by atoms with Gasteiger partial charge in [-0.05, 0) is 24.0 Å². The van der Waals surface area contributed by atoms with Crippen LogP contribution in [0.15, 0.2) is 24.3 Å². The molecule has 0 spiro atoms. The topological polar surface area (TPSA) is 32.3 Å². The highest BCUT2D eigenvalue weighted by Gasteiger charge is 2.30. The van der Waals surface area contributed by atoms with E-state index in [9.17, 15) is 18.3 Å². The van der Waals surface area contributed by atoms with Gasteiger partial charge < -0.3 is 10.4 Å². The van der Waals surface area contributed by atoms with E-state index < -0.39 is 11.7 Å². The van der Waals surface area contributed by atoms with Crippen LogP contribution >= 0.6 is 0 Å². The fraction of sp³-hybridized carbons (Fsp3) is 0.571. The molecule has 0 aliphatic carbocycles. The largest absolute Gasteiger partial charge is 0.416 e. The predicted octanol–water partition coefficient (Wildman–Crippen LogP) is 3.20. The van der Waals surface area contributed by atoms with Crippen molar-refractivity contribution < 1.29 is 18.3 Å². The van der Waals surface area contributed by atoms with Crippen LogP contribution in [0.2, 0.25) is 0 Å². The number of hydrogen-bond donors (Lipinski definition) is 2. The van der Waals surface area contributed by atoms with Crippen molar-refractivity contribution in [3.63, 3.8) is 0 Å². The second kappa shape index (κ2) is 6.91. The zero-order valence-electron chi connectivity index (χ0n) is 11.2. The Hall–Kier alpha value is -1.07. The van der Waals surface area contributed by atoms with Crippen molar-refractivity contribution in [1.29, 1.82) is 0 Å². The summed E-state index contributed by atoms with van der Waals surface area (Å²) in [5.74, 6) is 0.422. The van der Waals surface area contributed by atoms with Gasteiger partial charge in [-0.3, -0.25) is 0 Å². The third-order valence-electron chi connectivity index (χ3n) is 2.83. The maximum atomic E-state index is 12.5. The fourth-order valence-electron chi connectivity index (χ4n) is 1.91. The summed E-state index contributed by atoms with van der Waals surface area (Å²) in [4.78, 5) is 0. The zero-order valence-corrected chi connectivity index (χ0v) is 11.2. The van der Waals surface area contributed by atoms with Crippen LogP contribution in [0.25, 0.3) is 0 Å². The molecule has 2 N–H and O–H groups in total. The van der Waals surface area contributed by atoms with Gasteiger partial charge in [0.05, 0.1) is 12.2 Å². The number of halogens is 3. The smallest absolute Gasteiger partial charge is 0.395 e. The van der Waals surface area contributed by atoms with Gasteiger partial charge in [-0.15, -0.1) is 0 Å². The van der Waals surface area contributed by atoms with Crippen LogP contribution in [0.1, 0.15) is 31.4 Å². The molecule has 0 saturated carbocycles. The zero-order chi connectivity index (χ0) is 14.5. The first kappa shape index (κ1) is 16.0. The molecule has 0 fully saturated rings. The third-order valence-corrected chi connectivity index (χ3v) is 2.83. The van der Waals surface area contributed by atoms with Gasteiger partial charge in [0.1, 0.15) is 0 Å². The summed E-state index contributed by atoms with van der Waals surface area (Å²) >= 11 is 0. The van der Waals surface area contributed by atoms with Gasteiger partial charge in [-0.2, -0.15) is 13.2 Å². The van der Waals surface area contributed by atoms with Gasteiger partial charge >= 0.3 is 6.18 Å². The van der Waals surface area contributed by atoms with Gasteiger partial charge in [0, 0.05) is 12.6 Å². The molecule has 1 unspecified atom stereocenters. The SMILES string of the molecule is CC(C)CC(CO)NCc1cccc(C(F)(F)F)c1. The lowest BCUT2D eigenvalue weighted by Gasteiger charge is -2.18. The first-order valence-corrected chi connectivity index (χ1v) is 6.33. The molecule has 1 rings (SSSR count). The summed E-state index contributed by atoms with van der Waals surface area (Å²) in [5, 5.41) is 12.3. The highest BCUT2D eigenvalue weighted by molar-refractivity contribution is 5.25. The molecule has 2 nitrogen and oxygen atoms in total. The molecule has 0 heterocycles. The Balaban J connectivity index is 2.62. The van der Waals surface area contributed by atoms with Crippen molar-refractivity contribution in [3.05, 3.63) is 35.4 Å². The highest BCUT2D eigenvalue weighted by atomic mass is 19.4. The Bertz CT molecular complexity index is 391. The maximum absolute atomic E-state index is 12.5. The molecule has 108 valence electrons. The van der Waals surface area contributed by atoms with Crippen molar-refractivity contribution >= 4 is 0 Å². The third kappa shape index (κ3) is 5.61. The summed E-state index contributed by atoms with van der Waals surface area (Å²) in [6.45, 7) is 4.38. The van der Waals surface area contributed by atoms with E-state index in [4.69, 9.17) is 0 Å². The lowest BCUT2D eigenvalue weighted by atomic mass is 10.0. The molecule has 1 aromatic rings. The van der Waals surface area contributed by atoms with Crippen molar-refractivity contribution in [1.82, 2.24) is 5.32 Å². The Kier molecular flexibility index (Phi) is 5.82. The van der Waals surface area contributed by atoms with Gasteiger partial charge in [0.15, 0.2) is 0 Å². The number of alkyl halides is 3. The standard InChI is InChI=1S/C14H20F3NO/c1-10(2)6-13(9-19)18-8-11-4-3-5-12(7-11)14(15,16)17/h3-5,7,10,13,18-19H,6,8-9H2,1-2H3. The normalized spacial score (nSPS) is 13.8. The summed E-state index contributed by atoms with van der Waals surface area (Å²) < 4.78 is 37.6. The van der Waals surface area contributed by atoms with E-state index in [0.717, 1.165) is 18.6 Å². The second-order valence-corrected chi connectivity index (χ2v) is 5.09. The number of rotatable bonds is 6. The number of aliphatic hydroxyl groups excluding tert-OH is 1. The van der Waals surface area contributed by atoms with Crippen LogP contribution in [0, 0.1) is 5.92 Å². The van der Waals surface area contributed by atoms with Crippen LogP contribution in [0.5, 0.6) is 0 Å². The molecule has 0 aromatic heterocycles. The van der Waals surface area contributed by atoms with Gasteiger partial charge in [0.25, 0.3) is 0 Å². The molecule has 1 aromatic carbocycles. The van der Waals surface area contributed by atoms with Gasteiger partial charge in [0.2, 0.25) is 0 Å². The Labute approximate surface area is 111 Å². The summed E-state index contributed by atoms with van der Waals surface area (Å²) in [5.41, 5.74) is -0.0757. The van der Waals surface area contributed by atoms with Crippen LogP contribution in [-0.2, 0) is 12.7 Å². The van der Waals surface area contributed by atoms with E-state index in [-0.39, 0.29) is 12.6 Å². The molecule has 0 bridgehead atoms. The fourth-order valence-corrected chi connectivity index (χ4v) is 1.91. The average Bonchev–Trinajstić information content (AvgIpc) is 2.33. The lowest BCUT2D eigenvalue weighted by Crippen LogP contribution is -2.33. The monoisotopic (exact) mass is 275 g/mol. The molecular formula is C14H20F3NO. The molecule has 0 amide bonds. The van der Waals surface area contributed by atoms with E-state index in [0.29, 0.717) is 18.0 Å². The quantitative estimate of drug-likeness (QED) is 0.835. The lowest BCUT2D eigenvalue weighted by molar-refractivity contribution is -0.137. The van der Waals surface area contributed by atoms with Gasteiger partial charge in [-0.25, -0.2) is 0 Å². The van der Waals surface area contributed by atoms with Crippen molar-refractivity contribution in [2.45, 2.75) is 39.0 Å². The molecule has 19 heavy (non-hydrogen) atoms. The Morgan fingerprint density at radius 2 is 1.95 bits per heavy atom. The molecule has 0 radical (unpaired) electrons. The second-order valence-electron chi connectivity index (χ2n) is 5.09. The van der Waals surface area contributed by atoms with E-state index in [1.165, 1.54) is 6.07 Å².